The third-order valence-electron chi connectivity index (χ3n) is 4.68. The highest BCUT2D eigenvalue weighted by molar-refractivity contribution is 5.59. The first-order chi connectivity index (χ1) is 13.1. The minimum Gasteiger partial charge on any atom is -0.422 e. The van der Waals surface area contributed by atoms with Gasteiger partial charge in [-0.1, -0.05) is 31.2 Å². The molecule has 2 aromatic heterocycles. The minimum atomic E-state index is -0.312. The Kier molecular flexibility index (Phi) is 4.09. The zero-order chi connectivity index (χ0) is 19.0. The Morgan fingerprint density at radius 1 is 1.22 bits per heavy atom. The number of allylic oxidation sites excluding steroid dienone is 1. The van der Waals surface area contributed by atoms with Crippen LogP contribution in [0.4, 0.5) is 0 Å². The first-order valence-corrected chi connectivity index (χ1v) is 8.64. The summed E-state index contributed by atoms with van der Waals surface area (Å²) in [5.41, 5.74) is 10.1. The van der Waals surface area contributed by atoms with Gasteiger partial charge in [0.1, 0.15) is 11.6 Å². The number of hydrogen-bond donors (Lipinski definition) is 1. The van der Waals surface area contributed by atoms with Gasteiger partial charge in [0, 0.05) is 25.0 Å². The molecular formula is C20H18N6O. The largest absolute Gasteiger partial charge is 0.422 e. The van der Waals surface area contributed by atoms with Crippen molar-refractivity contribution in [1.82, 2.24) is 19.7 Å². The van der Waals surface area contributed by atoms with Crippen LogP contribution in [0.3, 0.4) is 0 Å². The lowest BCUT2D eigenvalue weighted by Crippen LogP contribution is -2.22. The fourth-order valence-corrected chi connectivity index (χ4v) is 3.42. The van der Waals surface area contributed by atoms with E-state index < -0.39 is 0 Å². The molecule has 27 heavy (non-hydrogen) atoms. The van der Waals surface area contributed by atoms with E-state index in [-0.39, 0.29) is 11.8 Å². The summed E-state index contributed by atoms with van der Waals surface area (Å²) in [6.45, 7) is 2.03. The molecule has 0 spiro atoms. The van der Waals surface area contributed by atoms with Gasteiger partial charge in [-0.05, 0) is 18.1 Å². The normalized spacial score (nSPS) is 15.8. The fraction of sp³-hybridized carbons (Fsp3) is 0.200. The van der Waals surface area contributed by atoms with Gasteiger partial charge in [0.05, 0.1) is 17.2 Å². The molecule has 0 saturated carbocycles. The van der Waals surface area contributed by atoms with Crippen LogP contribution in [0.1, 0.15) is 29.7 Å². The smallest absolute Gasteiger partial charge is 0.224 e. The first-order valence-electron chi connectivity index (χ1n) is 8.64. The maximum atomic E-state index is 9.71. The van der Waals surface area contributed by atoms with E-state index in [2.05, 4.69) is 21.1 Å². The third kappa shape index (κ3) is 2.72. The molecule has 134 valence electrons. The predicted octanol–water partition coefficient (Wildman–Crippen LogP) is 2.66. The molecule has 0 radical (unpaired) electrons. The van der Waals surface area contributed by atoms with Crippen molar-refractivity contribution in [3.8, 4) is 23.3 Å². The fourth-order valence-electron chi connectivity index (χ4n) is 3.42. The van der Waals surface area contributed by atoms with Crippen LogP contribution in [0.5, 0.6) is 5.88 Å². The average molecular weight is 358 g/mol. The molecule has 1 aliphatic heterocycles. The Balaban J connectivity index is 1.84. The lowest BCUT2D eigenvalue weighted by atomic mass is 9.83. The Bertz CT molecular complexity index is 1060. The molecule has 0 saturated heterocycles. The van der Waals surface area contributed by atoms with E-state index in [4.69, 9.17) is 10.5 Å². The quantitative estimate of drug-likeness (QED) is 0.772. The molecule has 2 N–H and O–H groups in total. The van der Waals surface area contributed by atoms with Gasteiger partial charge in [0.25, 0.3) is 0 Å². The molecule has 1 atom stereocenters. The number of nitriles is 1. The summed E-state index contributed by atoms with van der Waals surface area (Å²) in [7, 11) is 1.82. The minimum absolute atomic E-state index is 0.121. The Hall–Kier alpha value is -3.66. The maximum Gasteiger partial charge on any atom is 0.224 e. The Morgan fingerprint density at radius 2 is 1.93 bits per heavy atom. The number of rotatable bonds is 3. The Labute approximate surface area is 156 Å². The second-order valence-corrected chi connectivity index (χ2v) is 6.26. The number of fused-ring (bicyclic) bond motifs is 1. The molecule has 4 rings (SSSR count). The lowest BCUT2D eigenvalue weighted by molar-refractivity contribution is 0.358. The van der Waals surface area contributed by atoms with Crippen molar-refractivity contribution in [1.29, 1.82) is 5.26 Å². The van der Waals surface area contributed by atoms with Crippen LogP contribution in [0.15, 0.2) is 54.2 Å². The van der Waals surface area contributed by atoms with Gasteiger partial charge in [-0.15, -0.1) is 0 Å². The standard InChI is InChI=1S/C20H18N6O/c1-3-15-17-16(14(11-21)18(22)27-20(17)26(2)25-15)12-5-7-13(8-6-12)19-23-9-4-10-24-19/h4-10,16H,3,22H2,1-2H3. The van der Waals surface area contributed by atoms with Crippen LogP contribution in [-0.4, -0.2) is 19.7 Å². The van der Waals surface area contributed by atoms with E-state index in [9.17, 15) is 5.26 Å². The summed E-state index contributed by atoms with van der Waals surface area (Å²) in [5, 5.41) is 14.2. The number of benzene rings is 1. The highest BCUT2D eigenvalue weighted by Crippen LogP contribution is 2.44. The number of nitrogens with zero attached hydrogens (tertiary/aromatic N) is 5. The molecule has 1 aliphatic rings. The van der Waals surface area contributed by atoms with Gasteiger partial charge in [-0.3, -0.25) is 0 Å². The Morgan fingerprint density at radius 3 is 2.56 bits per heavy atom. The van der Waals surface area contributed by atoms with Gasteiger partial charge in [-0.25, -0.2) is 14.6 Å². The molecule has 7 heteroatoms. The monoisotopic (exact) mass is 358 g/mol. The van der Waals surface area contributed by atoms with Crippen LogP contribution in [0, 0.1) is 11.3 Å². The number of hydrogen-bond acceptors (Lipinski definition) is 6. The van der Waals surface area contributed by atoms with E-state index in [0.717, 1.165) is 28.8 Å². The first kappa shape index (κ1) is 16.8. The summed E-state index contributed by atoms with van der Waals surface area (Å²) in [4.78, 5) is 8.55. The van der Waals surface area contributed by atoms with Crippen molar-refractivity contribution >= 4 is 0 Å². The topological polar surface area (TPSA) is 103 Å². The molecule has 0 aliphatic carbocycles. The van der Waals surface area contributed by atoms with E-state index in [1.54, 1.807) is 23.1 Å². The van der Waals surface area contributed by atoms with Crippen LogP contribution < -0.4 is 10.5 Å². The molecule has 1 aromatic carbocycles. The van der Waals surface area contributed by atoms with E-state index in [1.807, 2.05) is 38.2 Å². The second-order valence-electron chi connectivity index (χ2n) is 6.26. The van der Waals surface area contributed by atoms with Gasteiger partial charge in [-0.2, -0.15) is 10.4 Å². The van der Waals surface area contributed by atoms with Crippen molar-refractivity contribution in [2.75, 3.05) is 0 Å². The average Bonchev–Trinajstić information content (AvgIpc) is 3.03. The highest BCUT2D eigenvalue weighted by atomic mass is 16.5. The van der Waals surface area contributed by atoms with E-state index in [0.29, 0.717) is 17.3 Å². The molecule has 1 unspecified atom stereocenters. The summed E-state index contributed by atoms with van der Waals surface area (Å²) >= 11 is 0. The summed E-state index contributed by atoms with van der Waals surface area (Å²) < 4.78 is 7.38. The van der Waals surface area contributed by atoms with Crippen LogP contribution in [0.2, 0.25) is 0 Å². The zero-order valence-electron chi connectivity index (χ0n) is 15.0. The number of nitrogens with two attached hydrogens (primary N) is 1. The maximum absolute atomic E-state index is 9.71. The van der Waals surface area contributed by atoms with Gasteiger partial charge < -0.3 is 10.5 Å². The molecule has 7 nitrogen and oxygen atoms in total. The molecule has 3 aromatic rings. The second kappa shape index (κ2) is 6.57. The molecule has 3 heterocycles. The van der Waals surface area contributed by atoms with Crippen LogP contribution in [0.25, 0.3) is 11.4 Å². The molecule has 0 fully saturated rings. The summed E-state index contributed by atoms with van der Waals surface area (Å²) in [5.74, 6) is 1.05. The number of aromatic nitrogens is 4. The van der Waals surface area contributed by atoms with Crippen molar-refractivity contribution in [2.24, 2.45) is 12.8 Å². The van der Waals surface area contributed by atoms with Crippen molar-refractivity contribution in [3.63, 3.8) is 0 Å². The van der Waals surface area contributed by atoms with Crippen molar-refractivity contribution < 1.29 is 4.74 Å². The zero-order valence-corrected chi connectivity index (χ0v) is 15.0. The summed E-state index contributed by atoms with van der Waals surface area (Å²) in [6, 6.07) is 11.9. The molecule has 0 amide bonds. The molecular weight excluding hydrogens is 340 g/mol. The number of aryl methyl sites for hydroxylation is 2. The van der Waals surface area contributed by atoms with Gasteiger partial charge in [0.2, 0.25) is 11.8 Å². The van der Waals surface area contributed by atoms with Gasteiger partial charge >= 0.3 is 0 Å². The van der Waals surface area contributed by atoms with Crippen LogP contribution >= 0.6 is 0 Å². The predicted molar refractivity (Wildman–Crippen MR) is 99.4 cm³/mol. The number of ether oxygens (including phenoxy) is 1. The van der Waals surface area contributed by atoms with Crippen LogP contribution in [-0.2, 0) is 13.5 Å². The van der Waals surface area contributed by atoms with Gasteiger partial charge in [0.15, 0.2) is 5.82 Å². The molecule has 0 bridgehead atoms. The summed E-state index contributed by atoms with van der Waals surface area (Å²) in [6.07, 6.45) is 4.15. The highest BCUT2D eigenvalue weighted by Gasteiger charge is 2.35. The SMILES string of the molecule is CCc1nn(C)c2c1C(c1ccc(-c3ncccn3)cc1)C(C#N)=C(N)O2. The third-order valence-corrected chi connectivity index (χ3v) is 4.68. The van der Waals surface area contributed by atoms with Crippen molar-refractivity contribution in [2.45, 2.75) is 19.3 Å². The van der Waals surface area contributed by atoms with E-state index in [1.165, 1.54) is 0 Å². The van der Waals surface area contributed by atoms with Crippen molar-refractivity contribution in [3.05, 3.63) is 71.0 Å². The lowest BCUT2D eigenvalue weighted by Gasteiger charge is -2.24. The van der Waals surface area contributed by atoms with E-state index >= 15 is 0 Å².